The smallest absolute Gasteiger partial charge is 0.326 e. The molecular formula is C19H20F3N3O2. The fourth-order valence-corrected chi connectivity index (χ4v) is 3.52. The lowest BCUT2D eigenvalue weighted by atomic mass is 9.78. The summed E-state index contributed by atoms with van der Waals surface area (Å²) < 4.78 is 41.1. The van der Waals surface area contributed by atoms with E-state index < -0.39 is 29.6 Å². The number of rotatable bonds is 4. The molecule has 1 amide bonds. The Morgan fingerprint density at radius 2 is 2.00 bits per heavy atom. The number of carbonyl (C=O) groups is 1. The van der Waals surface area contributed by atoms with Gasteiger partial charge in [-0.1, -0.05) is 25.0 Å². The van der Waals surface area contributed by atoms with Crippen LogP contribution in [-0.2, 0) is 11.3 Å². The Morgan fingerprint density at radius 1 is 1.22 bits per heavy atom. The summed E-state index contributed by atoms with van der Waals surface area (Å²) in [5.41, 5.74) is 0.752. The van der Waals surface area contributed by atoms with Crippen molar-refractivity contribution in [1.82, 2.24) is 9.55 Å². The molecule has 8 heteroatoms. The largest absolute Gasteiger partial charge is 0.392 e. The predicted octanol–water partition coefficient (Wildman–Crippen LogP) is 3.60. The second-order valence-corrected chi connectivity index (χ2v) is 6.76. The second kappa shape index (κ2) is 7.94. The molecule has 1 fully saturated rings. The molecule has 2 atom stereocenters. The summed E-state index contributed by atoms with van der Waals surface area (Å²) in [6.07, 6.45) is -0.0384. The Labute approximate surface area is 154 Å². The third-order valence-corrected chi connectivity index (χ3v) is 4.85. The van der Waals surface area contributed by atoms with Gasteiger partial charge in [0, 0.05) is 24.0 Å². The van der Waals surface area contributed by atoms with E-state index in [4.69, 9.17) is 0 Å². The molecule has 1 aromatic heterocycles. The highest BCUT2D eigenvalue weighted by Gasteiger charge is 2.48. The summed E-state index contributed by atoms with van der Waals surface area (Å²) >= 11 is 0. The average molecular weight is 379 g/mol. The highest BCUT2D eigenvalue weighted by atomic mass is 19.4. The number of nitrogens with one attached hydrogen (secondary N) is 1. The summed E-state index contributed by atoms with van der Waals surface area (Å²) in [4.78, 5) is 27.8. The molecule has 1 aromatic carbocycles. The van der Waals surface area contributed by atoms with Gasteiger partial charge in [0.05, 0.1) is 12.5 Å². The summed E-state index contributed by atoms with van der Waals surface area (Å²) in [5, 5.41) is 2.61. The van der Waals surface area contributed by atoms with Crippen molar-refractivity contribution in [1.29, 1.82) is 0 Å². The molecule has 0 spiro atoms. The van der Waals surface area contributed by atoms with Gasteiger partial charge in [0.1, 0.15) is 0 Å². The molecule has 1 aliphatic rings. The van der Waals surface area contributed by atoms with Gasteiger partial charge < -0.3 is 5.32 Å². The zero-order valence-electron chi connectivity index (χ0n) is 14.6. The van der Waals surface area contributed by atoms with E-state index in [1.54, 1.807) is 36.5 Å². The van der Waals surface area contributed by atoms with Crippen LogP contribution in [0.1, 0.15) is 31.2 Å². The fourth-order valence-electron chi connectivity index (χ4n) is 3.52. The molecule has 1 saturated carbocycles. The number of alkyl halides is 3. The van der Waals surface area contributed by atoms with Crippen LogP contribution >= 0.6 is 0 Å². The van der Waals surface area contributed by atoms with Crippen LogP contribution in [0.4, 0.5) is 18.9 Å². The zero-order valence-corrected chi connectivity index (χ0v) is 14.6. The van der Waals surface area contributed by atoms with E-state index in [2.05, 4.69) is 10.3 Å². The van der Waals surface area contributed by atoms with Crippen molar-refractivity contribution in [2.75, 3.05) is 5.32 Å². The van der Waals surface area contributed by atoms with Gasteiger partial charge in [-0.3, -0.25) is 9.36 Å². The number of hydrogen-bond donors (Lipinski definition) is 1. The van der Waals surface area contributed by atoms with E-state index in [9.17, 15) is 22.8 Å². The molecule has 0 unspecified atom stereocenters. The molecule has 1 heterocycles. The van der Waals surface area contributed by atoms with E-state index in [0.717, 1.165) is 5.56 Å². The topological polar surface area (TPSA) is 64.0 Å². The maximum atomic E-state index is 13.2. The lowest BCUT2D eigenvalue weighted by Crippen LogP contribution is -2.39. The Balaban J connectivity index is 1.73. The van der Waals surface area contributed by atoms with E-state index >= 15 is 0 Å². The first-order chi connectivity index (χ1) is 12.8. The van der Waals surface area contributed by atoms with E-state index in [0.29, 0.717) is 18.5 Å². The molecule has 1 N–H and O–H groups in total. The minimum absolute atomic E-state index is 0.00838. The maximum absolute atomic E-state index is 13.2. The normalized spacial score (nSPS) is 20.3. The molecule has 3 rings (SSSR count). The van der Waals surface area contributed by atoms with E-state index in [1.165, 1.54) is 10.8 Å². The molecule has 5 nitrogen and oxygen atoms in total. The van der Waals surface area contributed by atoms with Gasteiger partial charge in [-0.25, -0.2) is 9.78 Å². The lowest BCUT2D eigenvalue weighted by Gasteiger charge is -2.32. The Hall–Kier alpha value is -2.64. The van der Waals surface area contributed by atoms with Crippen LogP contribution in [-0.4, -0.2) is 21.6 Å². The third-order valence-electron chi connectivity index (χ3n) is 4.85. The van der Waals surface area contributed by atoms with E-state index in [1.807, 2.05) is 0 Å². The summed E-state index contributed by atoms with van der Waals surface area (Å²) in [5.74, 6) is -3.26. The number of benzene rings is 1. The summed E-state index contributed by atoms with van der Waals surface area (Å²) in [7, 11) is 0. The van der Waals surface area contributed by atoms with Gasteiger partial charge in [0.15, 0.2) is 0 Å². The highest BCUT2D eigenvalue weighted by Crippen LogP contribution is 2.41. The number of halogens is 3. The van der Waals surface area contributed by atoms with Crippen molar-refractivity contribution < 1.29 is 18.0 Å². The van der Waals surface area contributed by atoms with Crippen molar-refractivity contribution >= 4 is 11.6 Å². The average Bonchev–Trinajstić information content (AvgIpc) is 2.63. The van der Waals surface area contributed by atoms with Crippen molar-refractivity contribution in [3.05, 3.63) is 58.8 Å². The predicted molar refractivity (Wildman–Crippen MR) is 94.2 cm³/mol. The monoisotopic (exact) mass is 379 g/mol. The Morgan fingerprint density at radius 3 is 2.74 bits per heavy atom. The van der Waals surface area contributed by atoms with Crippen LogP contribution in [0.5, 0.6) is 0 Å². The van der Waals surface area contributed by atoms with Crippen LogP contribution in [0.15, 0.2) is 47.5 Å². The molecule has 0 radical (unpaired) electrons. The fraction of sp³-hybridized carbons (Fsp3) is 0.421. The van der Waals surface area contributed by atoms with Gasteiger partial charge in [-0.05, 0) is 36.6 Å². The number of carbonyl (C=O) groups excluding carboxylic acids is 1. The molecule has 0 bridgehead atoms. The SMILES string of the molecule is O=C(Nc1cccc(Cn2cccnc2=O)c1)[C@@H]1CCCC[C@H]1C(F)(F)F. The number of nitrogens with zero attached hydrogens (tertiary/aromatic N) is 2. The Kier molecular flexibility index (Phi) is 5.62. The van der Waals surface area contributed by atoms with Crippen molar-refractivity contribution in [3.8, 4) is 0 Å². The number of hydrogen-bond acceptors (Lipinski definition) is 3. The molecule has 1 aliphatic carbocycles. The quantitative estimate of drug-likeness (QED) is 0.883. The van der Waals surface area contributed by atoms with Crippen molar-refractivity contribution in [3.63, 3.8) is 0 Å². The minimum Gasteiger partial charge on any atom is -0.326 e. The lowest BCUT2D eigenvalue weighted by molar-refractivity contribution is -0.197. The first-order valence-electron chi connectivity index (χ1n) is 8.82. The van der Waals surface area contributed by atoms with Gasteiger partial charge in [-0.15, -0.1) is 0 Å². The molecular weight excluding hydrogens is 359 g/mol. The maximum Gasteiger partial charge on any atom is 0.392 e. The highest BCUT2D eigenvalue weighted by molar-refractivity contribution is 5.92. The zero-order chi connectivity index (χ0) is 19.4. The van der Waals surface area contributed by atoms with Crippen molar-refractivity contribution in [2.45, 2.75) is 38.4 Å². The van der Waals surface area contributed by atoms with Crippen LogP contribution in [0.3, 0.4) is 0 Å². The van der Waals surface area contributed by atoms with E-state index in [-0.39, 0.29) is 19.4 Å². The first kappa shape index (κ1) is 19.1. The molecule has 144 valence electrons. The van der Waals surface area contributed by atoms with Gasteiger partial charge in [-0.2, -0.15) is 13.2 Å². The van der Waals surface area contributed by atoms with Crippen molar-refractivity contribution in [2.24, 2.45) is 11.8 Å². The standard InChI is InChI=1S/C19H20F3N3O2/c20-19(21,22)16-8-2-1-7-15(16)17(26)24-14-6-3-5-13(11-14)12-25-10-4-9-23-18(25)27/h3-6,9-11,15-16H,1-2,7-8,12H2,(H,24,26)/t15-,16-/m1/s1. The summed E-state index contributed by atoms with van der Waals surface area (Å²) in [6.45, 7) is 0.255. The molecule has 27 heavy (non-hydrogen) atoms. The van der Waals surface area contributed by atoms with Gasteiger partial charge in [0.25, 0.3) is 0 Å². The number of amides is 1. The molecule has 0 aliphatic heterocycles. The molecule has 0 saturated heterocycles. The van der Waals surface area contributed by atoms with Gasteiger partial charge >= 0.3 is 11.9 Å². The number of aromatic nitrogens is 2. The van der Waals surface area contributed by atoms with Gasteiger partial charge in [0.2, 0.25) is 5.91 Å². The minimum atomic E-state index is -4.37. The third kappa shape index (κ3) is 4.75. The van der Waals surface area contributed by atoms with Crippen LogP contribution in [0.2, 0.25) is 0 Å². The van der Waals surface area contributed by atoms with Crippen LogP contribution in [0, 0.1) is 11.8 Å². The summed E-state index contributed by atoms with van der Waals surface area (Å²) in [6, 6.07) is 8.37. The van der Waals surface area contributed by atoms with Crippen LogP contribution < -0.4 is 11.0 Å². The first-order valence-corrected chi connectivity index (χ1v) is 8.82. The molecule has 2 aromatic rings. The number of anilines is 1. The second-order valence-electron chi connectivity index (χ2n) is 6.76. The van der Waals surface area contributed by atoms with Crippen LogP contribution in [0.25, 0.3) is 0 Å². The Bertz CT molecular complexity index is 864.